The van der Waals surface area contributed by atoms with Gasteiger partial charge in [0.2, 0.25) is 0 Å². The molecule has 0 bridgehead atoms. The Morgan fingerprint density at radius 1 is 1.00 bits per heavy atom. The molecular formula is C27H30N8O. The van der Waals surface area contributed by atoms with Gasteiger partial charge in [0.15, 0.2) is 0 Å². The zero-order valence-electron chi connectivity index (χ0n) is 20.8. The van der Waals surface area contributed by atoms with E-state index in [-0.39, 0.29) is 0 Å². The maximum Gasteiger partial charge on any atom is 0.140 e. The number of benzene rings is 1. The third kappa shape index (κ3) is 5.36. The van der Waals surface area contributed by atoms with E-state index in [0.717, 1.165) is 58.4 Å². The number of hydrogen-bond donors (Lipinski definition) is 1. The zero-order valence-corrected chi connectivity index (χ0v) is 20.8. The van der Waals surface area contributed by atoms with E-state index < -0.39 is 0 Å². The fraction of sp³-hybridized carbons (Fsp3) is 0.259. The lowest BCUT2D eigenvalue weighted by Gasteiger charge is -2.14. The molecule has 0 aliphatic heterocycles. The maximum absolute atomic E-state index is 5.89. The number of anilines is 1. The zero-order chi connectivity index (χ0) is 24.9. The van der Waals surface area contributed by atoms with E-state index in [0.29, 0.717) is 13.2 Å². The Hall–Kier alpha value is -4.24. The normalized spacial score (nSPS) is 11.3. The molecule has 0 atom stereocenters. The van der Waals surface area contributed by atoms with Crippen LogP contribution in [0.1, 0.15) is 12.5 Å². The Bertz CT molecular complexity index is 1440. The molecule has 1 aromatic carbocycles. The van der Waals surface area contributed by atoms with Crippen LogP contribution in [-0.2, 0) is 13.6 Å². The summed E-state index contributed by atoms with van der Waals surface area (Å²) in [5.74, 6) is 1.56. The number of likely N-dealkylation sites (N-methyl/N-ethyl adjacent to an activating group) is 1. The number of ether oxygens (including phenoxy) is 1. The molecule has 0 saturated heterocycles. The van der Waals surface area contributed by atoms with Crippen LogP contribution < -0.4 is 10.1 Å². The predicted octanol–water partition coefficient (Wildman–Crippen LogP) is 4.13. The standard InChI is InChI=1S/C27H30N8O/c1-4-33(2)11-12-36-23-9-10-35-25(17-29-27(35)13-23)24-14-26(31-19-30-24)28-15-20-5-7-21(8-6-20)22-16-32-34(3)18-22/h5-10,13-14,16-19H,4,11-12,15H2,1-3H3,(H,28,30,31). The highest BCUT2D eigenvalue weighted by molar-refractivity contribution is 5.64. The van der Waals surface area contributed by atoms with Crippen molar-refractivity contribution in [1.82, 2.24) is 34.0 Å². The van der Waals surface area contributed by atoms with Crippen LogP contribution in [0.25, 0.3) is 28.2 Å². The first kappa shape index (κ1) is 23.5. The first-order valence-electron chi connectivity index (χ1n) is 12.0. The molecule has 0 unspecified atom stereocenters. The molecule has 4 heterocycles. The lowest BCUT2D eigenvalue weighted by molar-refractivity contribution is 0.244. The number of fused-ring (bicyclic) bond motifs is 1. The number of aromatic nitrogens is 6. The van der Waals surface area contributed by atoms with E-state index in [1.54, 1.807) is 11.0 Å². The third-order valence-electron chi connectivity index (χ3n) is 6.16. The largest absolute Gasteiger partial charge is 0.492 e. The van der Waals surface area contributed by atoms with Crippen molar-refractivity contribution in [2.24, 2.45) is 7.05 Å². The minimum absolute atomic E-state index is 0.640. The second-order valence-corrected chi connectivity index (χ2v) is 8.72. The molecule has 9 nitrogen and oxygen atoms in total. The van der Waals surface area contributed by atoms with Gasteiger partial charge < -0.3 is 15.0 Å². The van der Waals surface area contributed by atoms with Gasteiger partial charge in [0, 0.05) is 50.2 Å². The van der Waals surface area contributed by atoms with Crippen LogP contribution >= 0.6 is 0 Å². The quantitative estimate of drug-likeness (QED) is 0.320. The van der Waals surface area contributed by atoms with Gasteiger partial charge in [-0.2, -0.15) is 5.10 Å². The van der Waals surface area contributed by atoms with Gasteiger partial charge in [0.25, 0.3) is 0 Å². The molecule has 0 aliphatic carbocycles. The molecule has 9 heteroatoms. The second kappa shape index (κ2) is 10.6. The molecule has 0 saturated carbocycles. The van der Waals surface area contributed by atoms with Crippen molar-refractivity contribution in [2.75, 3.05) is 32.1 Å². The minimum atomic E-state index is 0.640. The van der Waals surface area contributed by atoms with Gasteiger partial charge in [-0.1, -0.05) is 31.2 Å². The van der Waals surface area contributed by atoms with E-state index in [1.807, 2.05) is 54.4 Å². The molecule has 0 amide bonds. The van der Waals surface area contributed by atoms with Crippen molar-refractivity contribution < 1.29 is 4.74 Å². The van der Waals surface area contributed by atoms with Crippen LogP contribution in [0.15, 0.2) is 73.6 Å². The fourth-order valence-corrected chi connectivity index (χ4v) is 3.89. The molecule has 0 spiro atoms. The summed E-state index contributed by atoms with van der Waals surface area (Å²) in [5, 5.41) is 7.64. The highest BCUT2D eigenvalue weighted by atomic mass is 16.5. The van der Waals surface area contributed by atoms with Crippen molar-refractivity contribution in [3.05, 3.63) is 79.1 Å². The predicted molar refractivity (Wildman–Crippen MR) is 141 cm³/mol. The van der Waals surface area contributed by atoms with Gasteiger partial charge >= 0.3 is 0 Å². The average molecular weight is 483 g/mol. The summed E-state index contributed by atoms with van der Waals surface area (Å²) in [6.07, 6.45) is 9.25. The number of pyridine rings is 1. The monoisotopic (exact) mass is 482 g/mol. The number of imidazole rings is 1. The van der Waals surface area contributed by atoms with Crippen molar-refractivity contribution >= 4 is 11.5 Å². The molecule has 1 N–H and O–H groups in total. The van der Waals surface area contributed by atoms with Crippen molar-refractivity contribution in [1.29, 1.82) is 0 Å². The topological polar surface area (TPSA) is 85.4 Å². The first-order chi connectivity index (χ1) is 17.6. The van der Waals surface area contributed by atoms with Gasteiger partial charge in [-0.3, -0.25) is 9.08 Å². The summed E-state index contributed by atoms with van der Waals surface area (Å²) in [5.41, 5.74) is 5.92. The number of rotatable bonds is 10. The Kier molecular flexibility index (Phi) is 6.90. The second-order valence-electron chi connectivity index (χ2n) is 8.72. The summed E-state index contributed by atoms with van der Waals surface area (Å²) in [4.78, 5) is 15.6. The summed E-state index contributed by atoms with van der Waals surface area (Å²) in [6, 6.07) is 14.3. The molecular weight excluding hydrogens is 452 g/mol. The fourth-order valence-electron chi connectivity index (χ4n) is 3.89. The van der Waals surface area contributed by atoms with E-state index in [4.69, 9.17) is 4.74 Å². The molecule has 0 fully saturated rings. The Labute approximate surface area is 210 Å². The maximum atomic E-state index is 5.89. The van der Waals surface area contributed by atoms with Crippen LogP contribution in [0.4, 0.5) is 5.82 Å². The van der Waals surface area contributed by atoms with Gasteiger partial charge in [0.05, 0.1) is 23.8 Å². The molecule has 0 aliphatic rings. The van der Waals surface area contributed by atoms with Crippen LogP contribution in [-0.4, -0.2) is 60.8 Å². The van der Waals surface area contributed by atoms with Gasteiger partial charge in [-0.05, 0) is 30.8 Å². The molecule has 184 valence electrons. The summed E-state index contributed by atoms with van der Waals surface area (Å²) >= 11 is 0. The van der Waals surface area contributed by atoms with E-state index in [9.17, 15) is 0 Å². The van der Waals surface area contributed by atoms with Crippen molar-refractivity contribution in [2.45, 2.75) is 13.5 Å². The summed E-state index contributed by atoms with van der Waals surface area (Å²) in [7, 11) is 4.00. The number of nitrogens with one attached hydrogen (secondary N) is 1. The average Bonchev–Trinajstić information content (AvgIpc) is 3.54. The molecule has 5 aromatic rings. The van der Waals surface area contributed by atoms with Crippen LogP contribution in [0.5, 0.6) is 5.75 Å². The highest BCUT2D eigenvalue weighted by Crippen LogP contribution is 2.24. The Morgan fingerprint density at radius 2 is 1.86 bits per heavy atom. The summed E-state index contributed by atoms with van der Waals surface area (Å²) < 4.78 is 9.71. The minimum Gasteiger partial charge on any atom is -0.492 e. The molecule has 36 heavy (non-hydrogen) atoms. The van der Waals surface area contributed by atoms with Crippen molar-refractivity contribution in [3.8, 4) is 28.3 Å². The van der Waals surface area contributed by atoms with E-state index in [1.165, 1.54) is 0 Å². The molecule has 0 radical (unpaired) electrons. The van der Waals surface area contributed by atoms with Crippen molar-refractivity contribution in [3.63, 3.8) is 0 Å². The van der Waals surface area contributed by atoms with Gasteiger partial charge in [-0.15, -0.1) is 0 Å². The Morgan fingerprint density at radius 3 is 2.64 bits per heavy atom. The van der Waals surface area contributed by atoms with E-state index >= 15 is 0 Å². The summed E-state index contributed by atoms with van der Waals surface area (Å²) in [6.45, 7) is 5.31. The van der Waals surface area contributed by atoms with Gasteiger partial charge in [-0.25, -0.2) is 15.0 Å². The van der Waals surface area contributed by atoms with Crippen LogP contribution in [0.3, 0.4) is 0 Å². The number of nitrogens with zero attached hydrogens (tertiary/aromatic N) is 7. The smallest absolute Gasteiger partial charge is 0.140 e. The third-order valence-corrected chi connectivity index (χ3v) is 6.16. The van der Waals surface area contributed by atoms with Gasteiger partial charge in [0.1, 0.15) is 30.1 Å². The van der Waals surface area contributed by atoms with E-state index in [2.05, 4.69) is 68.5 Å². The SMILES string of the molecule is CCN(C)CCOc1ccn2c(-c3cc(NCc4ccc(-c5cnn(C)c5)cc4)ncn3)cnc2c1. The number of hydrogen-bond acceptors (Lipinski definition) is 7. The molecule has 4 aromatic heterocycles. The molecule has 5 rings (SSSR count). The lowest BCUT2D eigenvalue weighted by Crippen LogP contribution is -2.23. The van der Waals surface area contributed by atoms with Crippen LogP contribution in [0, 0.1) is 0 Å². The lowest BCUT2D eigenvalue weighted by atomic mass is 10.1. The van der Waals surface area contributed by atoms with Crippen LogP contribution in [0.2, 0.25) is 0 Å². The first-order valence-corrected chi connectivity index (χ1v) is 12.0. The number of aryl methyl sites for hydroxylation is 1. The highest BCUT2D eigenvalue weighted by Gasteiger charge is 2.10. The Balaban J connectivity index is 1.25.